The molecule has 6 nitrogen and oxygen atoms in total. The molecule has 3 N–H and O–H groups in total. The van der Waals surface area contributed by atoms with Gasteiger partial charge in [-0.05, 0) is 73.6 Å². The van der Waals surface area contributed by atoms with Gasteiger partial charge < -0.3 is 15.6 Å². The maximum atomic E-state index is 12.4. The second-order valence-electron chi connectivity index (χ2n) is 6.95. The molecule has 0 aliphatic carbocycles. The molecule has 2 heterocycles. The summed E-state index contributed by atoms with van der Waals surface area (Å²) in [6.07, 6.45) is 1.93. The molecule has 0 aliphatic heterocycles. The second-order valence-corrected chi connectivity index (χ2v) is 8.40. The maximum absolute atomic E-state index is 12.4. The summed E-state index contributed by atoms with van der Waals surface area (Å²) < 4.78 is 0. The van der Waals surface area contributed by atoms with Gasteiger partial charge in [-0.1, -0.05) is 23.7 Å². The van der Waals surface area contributed by atoms with Gasteiger partial charge in [0.1, 0.15) is 11.6 Å². The van der Waals surface area contributed by atoms with Gasteiger partial charge in [-0.15, -0.1) is 0 Å². The van der Waals surface area contributed by atoms with Crippen molar-refractivity contribution in [3.05, 3.63) is 88.7 Å². The van der Waals surface area contributed by atoms with Gasteiger partial charge in [0, 0.05) is 28.5 Å². The van der Waals surface area contributed by atoms with Gasteiger partial charge >= 0.3 is 0 Å². The molecule has 156 valence electrons. The van der Waals surface area contributed by atoms with E-state index in [1.165, 1.54) is 11.8 Å². The molecule has 4 aromatic rings. The standard InChI is InChI=1S/C23H20ClN5OS/c1-14-11-20(25-13-14)28-21-12-15(2)26-23(29-21)31-17-9-7-16(8-10-17)27-22(30)18-5-3-4-6-19(18)24/h3-13,25H,1-2H3,(H,27,30)(H,26,28,29). The van der Waals surface area contributed by atoms with E-state index < -0.39 is 0 Å². The number of nitrogens with one attached hydrogen (secondary N) is 3. The number of aromatic amines is 1. The quantitative estimate of drug-likeness (QED) is 0.304. The lowest BCUT2D eigenvalue weighted by Crippen LogP contribution is -2.12. The number of amides is 1. The van der Waals surface area contributed by atoms with E-state index in [9.17, 15) is 4.79 Å². The summed E-state index contributed by atoms with van der Waals surface area (Å²) in [6, 6.07) is 18.4. The molecule has 0 unspecified atom stereocenters. The molecule has 0 spiro atoms. The minimum atomic E-state index is -0.247. The van der Waals surface area contributed by atoms with Crippen LogP contribution in [0, 0.1) is 13.8 Å². The van der Waals surface area contributed by atoms with Gasteiger partial charge in [0.25, 0.3) is 5.91 Å². The van der Waals surface area contributed by atoms with Crippen molar-refractivity contribution in [3.8, 4) is 0 Å². The molecule has 0 aliphatic rings. The Morgan fingerprint density at radius 1 is 1.03 bits per heavy atom. The molecule has 0 saturated heterocycles. The molecule has 0 fully saturated rings. The van der Waals surface area contributed by atoms with Crippen LogP contribution in [0.15, 0.2) is 76.9 Å². The number of aromatic nitrogens is 3. The SMILES string of the molecule is Cc1c[nH]c(Nc2cc(C)nc(Sc3ccc(NC(=O)c4ccccc4Cl)cc3)n2)c1. The average molecular weight is 450 g/mol. The smallest absolute Gasteiger partial charge is 0.257 e. The largest absolute Gasteiger partial charge is 0.348 e. The van der Waals surface area contributed by atoms with E-state index in [1.54, 1.807) is 24.3 Å². The van der Waals surface area contributed by atoms with Crippen LogP contribution < -0.4 is 10.6 Å². The van der Waals surface area contributed by atoms with Crippen molar-refractivity contribution >= 4 is 46.6 Å². The Balaban J connectivity index is 1.44. The molecule has 2 aromatic heterocycles. The highest BCUT2D eigenvalue weighted by atomic mass is 35.5. The first-order valence-electron chi connectivity index (χ1n) is 9.58. The lowest BCUT2D eigenvalue weighted by atomic mass is 10.2. The topological polar surface area (TPSA) is 82.7 Å². The van der Waals surface area contributed by atoms with Crippen LogP contribution in [0.25, 0.3) is 0 Å². The second kappa shape index (κ2) is 9.24. The Bertz CT molecular complexity index is 1220. The number of halogens is 1. The highest BCUT2D eigenvalue weighted by molar-refractivity contribution is 7.99. The first-order chi connectivity index (χ1) is 15.0. The zero-order valence-corrected chi connectivity index (χ0v) is 18.5. The summed E-state index contributed by atoms with van der Waals surface area (Å²) in [4.78, 5) is 25.6. The van der Waals surface area contributed by atoms with Crippen LogP contribution >= 0.6 is 23.4 Å². The number of hydrogen-bond acceptors (Lipinski definition) is 5. The normalized spacial score (nSPS) is 10.7. The Hall–Kier alpha value is -3.29. The fraction of sp³-hybridized carbons (Fsp3) is 0.0870. The third-order valence-corrected chi connectivity index (χ3v) is 5.57. The van der Waals surface area contributed by atoms with Crippen LogP contribution in [0.5, 0.6) is 0 Å². The molecule has 31 heavy (non-hydrogen) atoms. The van der Waals surface area contributed by atoms with Crippen molar-refractivity contribution in [3.63, 3.8) is 0 Å². The third kappa shape index (κ3) is 5.45. The third-order valence-electron chi connectivity index (χ3n) is 4.36. The van der Waals surface area contributed by atoms with E-state index in [0.29, 0.717) is 21.4 Å². The van der Waals surface area contributed by atoms with Crippen molar-refractivity contribution < 1.29 is 4.79 Å². The fourth-order valence-electron chi connectivity index (χ4n) is 2.92. The van der Waals surface area contributed by atoms with Crippen LogP contribution in [-0.4, -0.2) is 20.9 Å². The van der Waals surface area contributed by atoms with E-state index in [0.717, 1.165) is 27.8 Å². The highest BCUT2D eigenvalue weighted by Gasteiger charge is 2.10. The highest BCUT2D eigenvalue weighted by Crippen LogP contribution is 2.28. The summed E-state index contributed by atoms with van der Waals surface area (Å²) in [5, 5.41) is 7.18. The van der Waals surface area contributed by atoms with E-state index in [2.05, 4.69) is 25.6 Å². The maximum Gasteiger partial charge on any atom is 0.257 e. The molecule has 8 heteroatoms. The van der Waals surface area contributed by atoms with Gasteiger partial charge in [0.05, 0.1) is 10.6 Å². The van der Waals surface area contributed by atoms with E-state index >= 15 is 0 Å². The van der Waals surface area contributed by atoms with Gasteiger partial charge in [-0.25, -0.2) is 9.97 Å². The van der Waals surface area contributed by atoms with Crippen LogP contribution in [0.1, 0.15) is 21.6 Å². The summed E-state index contributed by atoms with van der Waals surface area (Å²) in [5.41, 5.74) is 3.13. The van der Waals surface area contributed by atoms with Crippen LogP contribution in [0.4, 0.5) is 17.3 Å². The van der Waals surface area contributed by atoms with Crippen molar-refractivity contribution in [2.75, 3.05) is 10.6 Å². The van der Waals surface area contributed by atoms with Crippen molar-refractivity contribution in [2.24, 2.45) is 0 Å². The predicted octanol–water partition coefficient (Wildman–Crippen LogP) is 6.22. The number of benzene rings is 2. The number of anilines is 3. The average Bonchev–Trinajstić information content (AvgIpc) is 3.14. The molecule has 2 aromatic carbocycles. The number of hydrogen-bond donors (Lipinski definition) is 3. The Kier molecular flexibility index (Phi) is 6.25. The Morgan fingerprint density at radius 2 is 1.81 bits per heavy atom. The lowest BCUT2D eigenvalue weighted by molar-refractivity contribution is 0.102. The molecule has 0 radical (unpaired) electrons. The van der Waals surface area contributed by atoms with Crippen LogP contribution in [0.2, 0.25) is 5.02 Å². The van der Waals surface area contributed by atoms with Gasteiger partial charge in [-0.2, -0.15) is 0 Å². The van der Waals surface area contributed by atoms with Gasteiger partial charge in [0.15, 0.2) is 5.16 Å². The number of carbonyl (C=O) groups is 1. The van der Waals surface area contributed by atoms with E-state index in [-0.39, 0.29) is 5.91 Å². The van der Waals surface area contributed by atoms with Crippen LogP contribution in [-0.2, 0) is 0 Å². The van der Waals surface area contributed by atoms with Crippen LogP contribution in [0.3, 0.4) is 0 Å². The Labute approximate surface area is 189 Å². The molecule has 1 amide bonds. The summed E-state index contributed by atoms with van der Waals surface area (Å²) in [5.74, 6) is 1.36. The fourth-order valence-corrected chi connectivity index (χ4v) is 3.96. The zero-order chi connectivity index (χ0) is 21.8. The monoisotopic (exact) mass is 449 g/mol. The molecular formula is C23H20ClN5OS. The summed E-state index contributed by atoms with van der Waals surface area (Å²) in [7, 11) is 0. The van der Waals surface area contributed by atoms with Crippen molar-refractivity contribution in [2.45, 2.75) is 23.9 Å². The number of nitrogens with zero attached hydrogens (tertiary/aromatic N) is 2. The predicted molar refractivity (Wildman–Crippen MR) is 126 cm³/mol. The first kappa shape index (κ1) is 21.0. The number of aryl methyl sites for hydroxylation is 2. The van der Waals surface area contributed by atoms with E-state index in [1.807, 2.05) is 56.4 Å². The zero-order valence-electron chi connectivity index (χ0n) is 16.9. The molecule has 0 bridgehead atoms. The lowest BCUT2D eigenvalue weighted by Gasteiger charge is -2.09. The van der Waals surface area contributed by atoms with Gasteiger partial charge in [0.2, 0.25) is 0 Å². The summed E-state index contributed by atoms with van der Waals surface area (Å²) in [6.45, 7) is 3.96. The first-order valence-corrected chi connectivity index (χ1v) is 10.8. The minimum absolute atomic E-state index is 0.247. The molecule has 0 saturated carbocycles. The van der Waals surface area contributed by atoms with Crippen molar-refractivity contribution in [1.29, 1.82) is 0 Å². The molecule has 0 atom stereocenters. The van der Waals surface area contributed by atoms with Crippen molar-refractivity contribution in [1.82, 2.24) is 15.0 Å². The minimum Gasteiger partial charge on any atom is -0.348 e. The number of rotatable bonds is 6. The molecule has 4 rings (SSSR count). The van der Waals surface area contributed by atoms with Gasteiger partial charge in [-0.3, -0.25) is 4.79 Å². The van der Waals surface area contributed by atoms with E-state index in [4.69, 9.17) is 11.6 Å². The number of carbonyl (C=O) groups excluding carboxylic acids is 1. The molecular weight excluding hydrogens is 430 g/mol. The number of H-pyrrole nitrogens is 1. The Morgan fingerprint density at radius 3 is 2.52 bits per heavy atom. The summed E-state index contributed by atoms with van der Waals surface area (Å²) >= 11 is 7.55.